The first-order chi connectivity index (χ1) is 9.52. The number of carbonyl (C=O) groups is 2. The number of amides is 1. The third-order valence-electron chi connectivity index (χ3n) is 2.66. The number of carboxylic acids is 1. The molecule has 2 N–H and O–H groups in total. The van der Waals surface area contributed by atoms with Gasteiger partial charge in [-0.3, -0.25) is 4.79 Å². The maximum Gasteiger partial charge on any atom is 0.326 e. The molecule has 1 atom stereocenters. The van der Waals surface area contributed by atoms with Crippen molar-refractivity contribution in [1.82, 2.24) is 5.32 Å². The zero-order valence-electron chi connectivity index (χ0n) is 11.5. The second-order valence-corrected chi connectivity index (χ2v) is 5.45. The number of hydrogen-bond acceptors (Lipinski definition) is 3. The Morgan fingerprint density at radius 1 is 1.40 bits per heavy atom. The predicted molar refractivity (Wildman–Crippen MR) is 81.7 cm³/mol. The summed E-state index contributed by atoms with van der Waals surface area (Å²) in [4.78, 5) is 22.5. The van der Waals surface area contributed by atoms with Crippen molar-refractivity contribution in [3.63, 3.8) is 0 Å². The van der Waals surface area contributed by atoms with E-state index in [1.807, 2.05) is 31.2 Å². The molecule has 0 heterocycles. The topological polar surface area (TPSA) is 66.4 Å². The quantitative estimate of drug-likeness (QED) is 0.722. The average Bonchev–Trinajstić information content (AvgIpc) is 2.40. The van der Waals surface area contributed by atoms with Crippen LogP contribution < -0.4 is 5.32 Å². The first kappa shape index (κ1) is 16.3. The SMILES string of the molecule is C=CCC(NC(=O)CSCc1ccc(C)cc1)C(=O)O. The van der Waals surface area contributed by atoms with E-state index in [2.05, 4.69) is 11.9 Å². The van der Waals surface area contributed by atoms with Gasteiger partial charge in [0.2, 0.25) is 5.91 Å². The number of thioether (sulfide) groups is 1. The summed E-state index contributed by atoms with van der Waals surface area (Å²) in [5.41, 5.74) is 2.35. The van der Waals surface area contributed by atoms with Gasteiger partial charge in [0.1, 0.15) is 6.04 Å². The van der Waals surface area contributed by atoms with Crippen LogP contribution in [-0.2, 0) is 15.3 Å². The Hall–Kier alpha value is -1.75. The molecule has 1 aromatic carbocycles. The molecule has 0 saturated carbocycles. The Bertz CT molecular complexity index is 471. The minimum atomic E-state index is -1.04. The highest BCUT2D eigenvalue weighted by Gasteiger charge is 2.17. The number of carboxylic acid groups (broad SMARTS) is 1. The summed E-state index contributed by atoms with van der Waals surface area (Å²) in [5, 5.41) is 11.4. The van der Waals surface area contributed by atoms with Gasteiger partial charge in [0.25, 0.3) is 0 Å². The summed E-state index contributed by atoms with van der Waals surface area (Å²) in [6, 6.07) is 7.22. The van der Waals surface area contributed by atoms with Gasteiger partial charge in [-0.15, -0.1) is 18.3 Å². The van der Waals surface area contributed by atoms with Crippen molar-refractivity contribution in [2.75, 3.05) is 5.75 Å². The molecule has 4 nitrogen and oxygen atoms in total. The zero-order valence-corrected chi connectivity index (χ0v) is 12.3. The van der Waals surface area contributed by atoms with Crippen molar-refractivity contribution in [3.05, 3.63) is 48.0 Å². The summed E-state index contributed by atoms with van der Waals surface area (Å²) in [7, 11) is 0. The van der Waals surface area contributed by atoms with Crippen molar-refractivity contribution in [2.24, 2.45) is 0 Å². The lowest BCUT2D eigenvalue weighted by molar-refractivity contribution is -0.141. The van der Waals surface area contributed by atoms with E-state index >= 15 is 0 Å². The van der Waals surface area contributed by atoms with Gasteiger partial charge in [-0.2, -0.15) is 0 Å². The molecule has 0 aliphatic rings. The van der Waals surface area contributed by atoms with Crippen molar-refractivity contribution < 1.29 is 14.7 Å². The Balaban J connectivity index is 2.33. The normalized spacial score (nSPS) is 11.7. The summed E-state index contributed by atoms with van der Waals surface area (Å²) in [6.45, 7) is 5.50. The molecule has 0 aromatic heterocycles. The number of carbonyl (C=O) groups excluding carboxylic acids is 1. The zero-order chi connectivity index (χ0) is 15.0. The van der Waals surface area contributed by atoms with Gasteiger partial charge in [-0.05, 0) is 18.9 Å². The second kappa shape index (κ2) is 8.43. The standard InChI is InChI=1S/C15H19NO3S/c1-3-4-13(15(18)19)16-14(17)10-20-9-12-7-5-11(2)6-8-12/h3,5-8,13H,1,4,9-10H2,2H3,(H,16,17)(H,18,19). The Kier molecular flexibility index (Phi) is 6.87. The van der Waals surface area contributed by atoms with Gasteiger partial charge in [0.15, 0.2) is 0 Å². The van der Waals surface area contributed by atoms with Gasteiger partial charge >= 0.3 is 5.97 Å². The molecule has 0 spiro atoms. The smallest absolute Gasteiger partial charge is 0.326 e. The molecule has 1 rings (SSSR count). The van der Waals surface area contributed by atoms with Crippen LogP contribution in [0, 0.1) is 6.92 Å². The molecule has 1 aromatic rings. The van der Waals surface area contributed by atoms with Crippen LogP contribution in [0.15, 0.2) is 36.9 Å². The van der Waals surface area contributed by atoms with Crippen LogP contribution in [0.2, 0.25) is 0 Å². The van der Waals surface area contributed by atoms with Crippen LogP contribution in [0.5, 0.6) is 0 Å². The van der Waals surface area contributed by atoms with Crippen LogP contribution in [0.3, 0.4) is 0 Å². The third-order valence-corrected chi connectivity index (χ3v) is 3.66. The number of aliphatic carboxylic acids is 1. The largest absolute Gasteiger partial charge is 0.480 e. The second-order valence-electron chi connectivity index (χ2n) is 4.46. The summed E-state index contributed by atoms with van der Waals surface area (Å²) >= 11 is 1.46. The van der Waals surface area contributed by atoms with Gasteiger partial charge in [0.05, 0.1) is 5.75 Å². The molecule has 20 heavy (non-hydrogen) atoms. The number of benzene rings is 1. The van der Waals surface area contributed by atoms with Crippen LogP contribution >= 0.6 is 11.8 Å². The minimum Gasteiger partial charge on any atom is -0.480 e. The molecule has 0 fully saturated rings. The fourth-order valence-corrected chi connectivity index (χ4v) is 2.37. The molecule has 0 bridgehead atoms. The number of rotatable bonds is 8. The highest BCUT2D eigenvalue weighted by molar-refractivity contribution is 7.99. The first-order valence-corrected chi connectivity index (χ1v) is 7.44. The van der Waals surface area contributed by atoms with Crippen LogP contribution in [0.1, 0.15) is 17.5 Å². The van der Waals surface area contributed by atoms with Crippen molar-refractivity contribution in [3.8, 4) is 0 Å². The summed E-state index contributed by atoms with van der Waals surface area (Å²) in [6.07, 6.45) is 1.71. The third kappa shape index (κ3) is 5.93. The molecule has 108 valence electrons. The van der Waals surface area contributed by atoms with E-state index in [9.17, 15) is 9.59 Å². The highest BCUT2D eigenvalue weighted by atomic mass is 32.2. The van der Waals surface area contributed by atoms with E-state index < -0.39 is 12.0 Å². The lowest BCUT2D eigenvalue weighted by atomic mass is 10.2. The number of aryl methyl sites for hydroxylation is 1. The van der Waals surface area contributed by atoms with Crippen molar-refractivity contribution in [1.29, 1.82) is 0 Å². The van der Waals surface area contributed by atoms with Crippen molar-refractivity contribution >= 4 is 23.6 Å². The van der Waals surface area contributed by atoms with Gasteiger partial charge < -0.3 is 10.4 Å². The van der Waals surface area contributed by atoms with E-state index in [1.165, 1.54) is 23.4 Å². The van der Waals surface area contributed by atoms with E-state index in [4.69, 9.17) is 5.11 Å². The highest BCUT2D eigenvalue weighted by Crippen LogP contribution is 2.12. The molecule has 1 amide bonds. The lowest BCUT2D eigenvalue weighted by Crippen LogP contribution is -2.41. The monoisotopic (exact) mass is 293 g/mol. The molecule has 1 unspecified atom stereocenters. The van der Waals surface area contributed by atoms with Gasteiger partial charge in [-0.25, -0.2) is 4.79 Å². The van der Waals surface area contributed by atoms with E-state index in [1.54, 1.807) is 0 Å². The molecule has 0 radical (unpaired) electrons. The predicted octanol–water partition coefficient (Wildman–Crippen LogP) is 2.37. The van der Waals surface area contributed by atoms with Crippen LogP contribution in [0.4, 0.5) is 0 Å². The Morgan fingerprint density at radius 3 is 2.60 bits per heavy atom. The van der Waals surface area contributed by atoms with Crippen LogP contribution in [-0.4, -0.2) is 28.8 Å². The van der Waals surface area contributed by atoms with E-state index in [0.29, 0.717) is 0 Å². The molecular formula is C15H19NO3S. The molecule has 0 saturated heterocycles. The van der Waals surface area contributed by atoms with Crippen molar-refractivity contribution in [2.45, 2.75) is 25.1 Å². The first-order valence-electron chi connectivity index (χ1n) is 6.29. The minimum absolute atomic E-state index is 0.226. The van der Waals surface area contributed by atoms with Gasteiger partial charge in [0, 0.05) is 5.75 Å². The molecule has 0 aliphatic carbocycles. The fraction of sp³-hybridized carbons (Fsp3) is 0.333. The van der Waals surface area contributed by atoms with Crippen LogP contribution in [0.25, 0.3) is 0 Å². The molecular weight excluding hydrogens is 274 g/mol. The van der Waals surface area contributed by atoms with E-state index in [-0.39, 0.29) is 18.1 Å². The molecule has 0 aliphatic heterocycles. The number of hydrogen-bond donors (Lipinski definition) is 2. The fourth-order valence-electron chi connectivity index (χ4n) is 1.57. The number of nitrogens with one attached hydrogen (secondary N) is 1. The van der Waals surface area contributed by atoms with E-state index in [0.717, 1.165) is 11.3 Å². The maximum absolute atomic E-state index is 11.6. The lowest BCUT2D eigenvalue weighted by Gasteiger charge is -2.12. The average molecular weight is 293 g/mol. The van der Waals surface area contributed by atoms with Gasteiger partial charge in [-0.1, -0.05) is 35.9 Å². The molecule has 5 heteroatoms. The summed E-state index contributed by atoms with van der Waals surface area (Å²) in [5.74, 6) is -0.333. The maximum atomic E-state index is 11.6. The Morgan fingerprint density at radius 2 is 2.05 bits per heavy atom. The Labute approximate surface area is 123 Å². The summed E-state index contributed by atoms with van der Waals surface area (Å²) < 4.78 is 0.